The molecule has 44 heavy (non-hydrogen) atoms. The summed E-state index contributed by atoms with van der Waals surface area (Å²) >= 11 is 0. The van der Waals surface area contributed by atoms with Crippen LogP contribution in [0.5, 0.6) is 0 Å². The van der Waals surface area contributed by atoms with E-state index in [1.54, 1.807) is 39.1 Å². The fraction of sp³-hybridized carbons (Fsp3) is 0.294. The number of carbonyl (C=O) groups is 2. The molecule has 2 heterocycles. The van der Waals surface area contributed by atoms with Crippen molar-refractivity contribution in [3.05, 3.63) is 96.7 Å². The van der Waals surface area contributed by atoms with E-state index in [1.807, 2.05) is 60.7 Å². The van der Waals surface area contributed by atoms with Gasteiger partial charge in [-0.25, -0.2) is 14.8 Å². The molecule has 0 aliphatic carbocycles. The predicted molar refractivity (Wildman–Crippen MR) is 172 cm³/mol. The molecule has 0 bridgehead atoms. The Hall–Kier alpha value is -4.96. The number of carbonyl (C=O) groups excluding carboxylic acids is 2. The standard InChI is InChI=1S/C34H38N6O4/c1-34(2,3)44-33(42)39-30(23-24-7-5-4-6-8-24)31(41)36-26-11-9-25(10-12-26)29-17-18-35-32(38-29)37-27-13-15-28(16-14-27)40-19-21-43-22-20-40/h4-18,30H,19-23H2,1-3H3,(H,36,41)(H,39,42)(H,35,37,38)/t30-/m1/s1. The van der Waals surface area contributed by atoms with E-state index in [9.17, 15) is 9.59 Å². The first-order valence-electron chi connectivity index (χ1n) is 14.7. The van der Waals surface area contributed by atoms with Crippen molar-refractivity contribution in [3.63, 3.8) is 0 Å². The van der Waals surface area contributed by atoms with Crippen LogP contribution in [-0.2, 0) is 20.7 Å². The van der Waals surface area contributed by atoms with Gasteiger partial charge in [-0.2, -0.15) is 0 Å². The number of alkyl carbamates (subject to hydrolysis) is 1. The molecule has 10 nitrogen and oxygen atoms in total. The quantitative estimate of drug-likeness (QED) is 0.223. The van der Waals surface area contributed by atoms with E-state index in [0.29, 0.717) is 18.1 Å². The fourth-order valence-electron chi connectivity index (χ4n) is 4.75. The van der Waals surface area contributed by atoms with Crippen LogP contribution < -0.4 is 20.9 Å². The second-order valence-electron chi connectivity index (χ2n) is 11.5. The summed E-state index contributed by atoms with van der Waals surface area (Å²) in [4.78, 5) is 37.1. The van der Waals surface area contributed by atoms with Crippen LogP contribution in [0.2, 0.25) is 0 Å². The van der Waals surface area contributed by atoms with Crippen molar-refractivity contribution in [3.8, 4) is 11.3 Å². The molecule has 1 aromatic heterocycles. The summed E-state index contributed by atoms with van der Waals surface area (Å²) < 4.78 is 10.8. The van der Waals surface area contributed by atoms with Gasteiger partial charge in [0.1, 0.15) is 11.6 Å². The number of ether oxygens (including phenoxy) is 2. The maximum Gasteiger partial charge on any atom is 0.408 e. The first kappa shape index (κ1) is 30.5. The van der Waals surface area contributed by atoms with Crippen molar-refractivity contribution in [1.29, 1.82) is 0 Å². The molecule has 3 aromatic carbocycles. The average molecular weight is 595 g/mol. The third kappa shape index (κ3) is 8.78. The number of benzene rings is 3. The summed E-state index contributed by atoms with van der Waals surface area (Å²) in [5, 5.41) is 8.91. The van der Waals surface area contributed by atoms with Crippen molar-refractivity contribution >= 4 is 35.0 Å². The van der Waals surface area contributed by atoms with Gasteiger partial charge >= 0.3 is 6.09 Å². The highest BCUT2D eigenvalue weighted by Crippen LogP contribution is 2.24. The highest BCUT2D eigenvalue weighted by Gasteiger charge is 2.25. The van der Waals surface area contributed by atoms with Gasteiger partial charge in [-0.05, 0) is 68.8 Å². The van der Waals surface area contributed by atoms with Crippen LogP contribution in [0.1, 0.15) is 26.3 Å². The first-order chi connectivity index (χ1) is 21.2. The Morgan fingerprint density at radius 3 is 2.27 bits per heavy atom. The van der Waals surface area contributed by atoms with Gasteiger partial charge in [-0.3, -0.25) is 4.79 Å². The molecule has 0 saturated carbocycles. The highest BCUT2D eigenvalue weighted by molar-refractivity contribution is 5.97. The number of rotatable bonds is 9. The zero-order chi connectivity index (χ0) is 30.9. The van der Waals surface area contributed by atoms with E-state index in [2.05, 4.69) is 43.0 Å². The molecule has 4 aromatic rings. The molecule has 0 spiro atoms. The van der Waals surface area contributed by atoms with E-state index in [-0.39, 0.29) is 5.91 Å². The van der Waals surface area contributed by atoms with Gasteiger partial charge in [0.15, 0.2) is 0 Å². The lowest BCUT2D eigenvalue weighted by molar-refractivity contribution is -0.118. The molecule has 228 valence electrons. The Bertz CT molecular complexity index is 1530. The number of amides is 2. The van der Waals surface area contributed by atoms with Gasteiger partial charge < -0.3 is 30.3 Å². The zero-order valence-corrected chi connectivity index (χ0v) is 25.2. The van der Waals surface area contributed by atoms with Crippen molar-refractivity contribution in [2.45, 2.75) is 38.8 Å². The predicted octanol–water partition coefficient (Wildman–Crippen LogP) is 5.80. The van der Waals surface area contributed by atoms with Crippen LogP contribution >= 0.6 is 0 Å². The van der Waals surface area contributed by atoms with Gasteiger partial charge in [0.05, 0.1) is 18.9 Å². The number of hydrogen-bond donors (Lipinski definition) is 3. The van der Waals surface area contributed by atoms with Crippen molar-refractivity contribution in [1.82, 2.24) is 15.3 Å². The Morgan fingerprint density at radius 1 is 0.909 bits per heavy atom. The third-order valence-corrected chi connectivity index (χ3v) is 6.89. The van der Waals surface area contributed by atoms with Gasteiger partial charge in [0.2, 0.25) is 11.9 Å². The second kappa shape index (κ2) is 14.0. The lowest BCUT2D eigenvalue weighted by atomic mass is 10.1. The summed E-state index contributed by atoms with van der Waals surface area (Å²) in [5.41, 5.74) is 4.48. The smallest absolute Gasteiger partial charge is 0.408 e. The molecule has 1 fully saturated rings. The van der Waals surface area contributed by atoms with Gasteiger partial charge in [0, 0.05) is 48.3 Å². The molecular weight excluding hydrogens is 556 g/mol. The normalized spacial score (nSPS) is 13.9. The molecule has 1 saturated heterocycles. The van der Waals surface area contributed by atoms with Crippen molar-refractivity contribution < 1.29 is 19.1 Å². The summed E-state index contributed by atoms with van der Waals surface area (Å²) in [6, 6.07) is 26.1. The summed E-state index contributed by atoms with van der Waals surface area (Å²) in [5.74, 6) is 0.136. The molecule has 2 amide bonds. The third-order valence-electron chi connectivity index (χ3n) is 6.89. The zero-order valence-electron chi connectivity index (χ0n) is 25.2. The highest BCUT2D eigenvalue weighted by atomic mass is 16.6. The molecular formula is C34H38N6O4. The molecule has 10 heteroatoms. The summed E-state index contributed by atoms with van der Waals surface area (Å²) in [7, 11) is 0. The van der Waals surface area contributed by atoms with E-state index in [4.69, 9.17) is 9.47 Å². The molecule has 1 aliphatic heterocycles. The minimum atomic E-state index is -0.828. The lowest BCUT2D eigenvalue weighted by Crippen LogP contribution is -2.47. The van der Waals surface area contributed by atoms with Gasteiger partial charge in [0.25, 0.3) is 0 Å². The average Bonchev–Trinajstić information content (AvgIpc) is 3.02. The van der Waals surface area contributed by atoms with Crippen LogP contribution in [0, 0.1) is 0 Å². The van der Waals surface area contributed by atoms with Gasteiger partial charge in [-0.15, -0.1) is 0 Å². The van der Waals surface area contributed by atoms with Crippen LogP contribution in [0.3, 0.4) is 0 Å². The van der Waals surface area contributed by atoms with E-state index < -0.39 is 17.7 Å². The molecule has 0 unspecified atom stereocenters. The monoisotopic (exact) mass is 594 g/mol. The number of hydrogen-bond acceptors (Lipinski definition) is 8. The summed E-state index contributed by atoms with van der Waals surface area (Å²) in [6.07, 6.45) is 1.38. The summed E-state index contributed by atoms with van der Waals surface area (Å²) in [6.45, 7) is 8.60. The number of anilines is 4. The maximum atomic E-state index is 13.3. The molecule has 1 aliphatic rings. The number of nitrogens with one attached hydrogen (secondary N) is 3. The van der Waals surface area contributed by atoms with Gasteiger partial charge in [-0.1, -0.05) is 42.5 Å². The van der Waals surface area contributed by atoms with Crippen LogP contribution in [-0.4, -0.2) is 59.9 Å². The van der Waals surface area contributed by atoms with Crippen molar-refractivity contribution in [2.24, 2.45) is 0 Å². The van der Waals surface area contributed by atoms with Crippen molar-refractivity contribution in [2.75, 3.05) is 41.8 Å². The van der Waals surface area contributed by atoms with E-state index in [0.717, 1.165) is 54.5 Å². The number of morpholine rings is 1. The lowest BCUT2D eigenvalue weighted by Gasteiger charge is -2.28. The molecule has 3 N–H and O–H groups in total. The van der Waals surface area contributed by atoms with E-state index >= 15 is 0 Å². The SMILES string of the molecule is CC(C)(C)OC(=O)N[C@H](Cc1ccccc1)C(=O)Nc1ccc(-c2ccnc(Nc3ccc(N4CCOCC4)cc3)n2)cc1. The second-order valence-corrected chi connectivity index (χ2v) is 11.5. The maximum absolute atomic E-state index is 13.3. The Labute approximate surface area is 257 Å². The van der Waals surface area contributed by atoms with Crippen LogP contribution in [0.15, 0.2) is 91.1 Å². The minimum absolute atomic E-state index is 0.316. The first-order valence-corrected chi connectivity index (χ1v) is 14.7. The topological polar surface area (TPSA) is 118 Å². The minimum Gasteiger partial charge on any atom is -0.444 e. The molecule has 0 radical (unpaired) electrons. The molecule has 1 atom stereocenters. The molecule has 5 rings (SSSR count). The number of nitrogens with zero attached hydrogens (tertiary/aromatic N) is 3. The van der Waals surface area contributed by atoms with E-state index in [1.165, 1.54) is 0 Å². The number of aromatic nitrogens is 2. The Balaban J connectivity index is 1.22. The fourth-order valence-corrected chi connectivity index (χ4v) is 4.75. The van der Waals surface area contributed by atoms with Crippen LogP contribution in [0.25, 0.3) is 11.3 Å². The Morgan fingerprint density at radius 2 is 1.59 bits per heavy atom. The Kier molecular flexibility index (Phi) is 9.71. The largest absolute Gasteiger partial charge is 0.444 e. The van der Waals surface area contributed by atoms with Crippen LogP contribution in [0.4, 0.5) is 27.8 Å².